The van der Waals surface area contributed by atoms with Gasteiger partial charge in [0.25, 0.3) is 5.91 Å². The molecule has 0 spiro atoms. The van der Waals surface area contributed by atoms with Gasteiger partial charge in [-0.15, -0.1) is 0 Å². The van der Waals surface area contributed by atoms with E-state index in [1.54, 1.807) is 13.0 Å². The normalized spacial score (nSPS) is 18.8. The van der Waals surface area contributed by atoms with Crippen molar-refractivity contribution in [3.8, 4) is 0 Å². The highest BCUT2D eigenvalue weighted by Gasteiger charge is 2.26. The largest absolute Gasteiger partial charge is 0.346 e. The molecule has 0 radical (unpaired) electrons. The lowest BCUT2D eigenvalue weighted by molar-refractivity contribution is 0.0917. The highest BCUT2D eigenvalue weighted by Crippen LogP contribution is 2.21. The Labute approximate surface area is 111 Å². The van der Waals surface area contributed by atoms with Crippen molar-refractivity contribution in [1.82, 2.24) is 10.0 Å². The van der Waals surface area contributed by atoms with Crippen LogP contribution in [0.5, 0.6) is 0 Å². The van der Waals surface area contributed by atoms with E-state index in [9.17, 15) is 17.6 Å². The first-order valence-electron chi connectivity index (χ1n) is 5.97. The molecule has 0 fully saturated rings. The molecule has 19 heavy (non-hydrogen) atoms. The van der Waals surface area contributed by atoms with Gasteiger partial charge in [0, 0.05) is 12.1 Å². The van der Waals surface area contributed by atoms with Crippen molar-refractivity contribution >= 4 is 15.9 Å². The van der Waals surface area contributed by atoms with Crippen molar-refractivity contribution in [2.24, 2.45) is 0 Å². The molecule has 2 N–H and O–H groups in total. The monoisotopic (exact) mass is 286 g/mol. The number of alkyl halides is 1. The second-order valence-corrected chi connectivity index (χ2v) is 6.12. The number of carbonyl (C=O) groups excluding carboxylic acids is 1. The number of fused-ring (bicyclic) bond motifs is 1. The Bertz CT molecular complexity index is 601. The van der Waals surface area contributed by atoms with Crippen molar-refractivity contribution in [2.45, 2.75) is 24.3 Å². The molecule has 0 saturated carbocycles. The van der Waals surface area contributed by atoms with Gasteiger partial charge in [-0.05, 0) is 24.1 Å². The fraction of sp³-hybridized carbons (Fsp3) is 0.417. The van der Waals surface area contributed by atoms with E-state index in [0.717, 1.165) is 0 Å². The van der Waals surface area contributed by atoms with Gasteiger partial charge in [-0.3, -0.25) is 4.79 Å². The van der Waals surface area contributed by atoms with Gasteiger partial charge in [0.2, 0.25) is 10.0 Å². The molecule has 0 unspecified atom stereocenters. The lowest BCUT2D eigenvalue weighted by atomic mass is 9.96. The van der Waals surface area contributed by atoms with Crippen LogP contribution in [0.3, 0.4) is 0 Å². The molecule has 1 aromatic rings. The minimum absolute atomic E-state index is 0.0435. The summed E-state index contributed by atoms with van der Waals surface area (Å²) < 4.78 is 38.6. The number of sulfonamides is 1. The Balaban J connectivity index is 2.40. The molecule has 7 heteroatoms. The Morgan fingerprint density at radius 2 is 2.21 bits per heavy atom. The second kappa shape index (κ2) is 5.26. The predicted molar refractivity (Wildman–Crippen MR) is 68.2 cm³/mol. The van der Waals surface area contributed by atoms with Crippen LogP contribution in [0.15, 0.2) is 23.1 Å². The minimum atomic E-state index is -3.59. The fourth-order valence-corrected chi connectivity index (χ4v) is 3.13. The third kappa shape index (κ3) is 2.76. The number of nitrogens with one attached hydrogen (secondary N) is 2. The SMILES string of the molecule is CCNS(=O)(=O)c1ccc2c(c1)C(=O)N[C@@H](CF)C2. The zero-order valence-corrected chi connectivity index (χ0v) is 11.3. The van der Waals surface area contributed by atoms with Crippen LogP contribution in [0.4, 0.5) is 4.39 Å². The van der Waals surface area contributed by atoms with Crippen LogP contribution in [0.2, 0.25) is 0 Å². The lowest BCUT2D eigenvalue weighted by Gasteiger charge is -2.23. The Kier molecular flexibility index (Phi) is 3.86. The summed E-state index contributed by atoms with van der Waals surface area (Å²) in [5.74, 6) is -0.433. The van der Waals surface area contributed by atoms with E-state index in [1.807, 2.05) is 0 Å². The molecule has 1 aromatic carbocycles. The van der Waals surface area contributed by atoms with Gasteiger partial charge in [0.05, 0.1) is 10.9 Å². The standard InChI is InChI=1S/C12H15FN2O3S/c1-2-14-19(17,18)10-4-3-8-5-9(7-13)15-12(16)11(8)6-10/h3-4,6,9,14H,2,5,7H2,1H3,(H,15,16)/t9-/m1/s1. The Morgan fingerprint density at radius 3 is 2.84 bits per heavy atom. The average Bonchev–Trinajstić information content (AvgIpc) is 2.38. The molecule has 1 atom stereocenters. The van der Waals surface area contributed by atoms with Crippen LogP contribution in [0.1, 0.15) is 22.8 Å². The number of hydrogen-bond donors (Lipinski definition) is 2. The smallest absolute Gasteiger partial charge is 0.251 e. The molecule has 1 aliphatic heterocycles. The number of benzene rings is 1. The summed E-state index contributed by atoms with van der Waals surface area (Å²) in [6, 6.07) is 3.80. The van der Waals surface area contributed by atoms with E-state index in [1.165, 1.54) is 12.1 Å². The average molecular weight is 286 g/mol. The third-order valence-corrected chi connectivity index (χ3v) is 4.50. The van der Waals surface area contributed by atoms with Gasteiger partial charge in [-0.25, -0.2) is 17.5 Å². The van der Waals surface area contributed by atoms with Crippen LogP contribution in [0.25, 0.3) is 0 Å². The highest BCUT2D eigenvalue weighted by molar-refractivity contribution is 7.89. The van der Waals surface area contributed by atoms with E-state index < -0.39 is 28.6 Å². The molecule has 1 aliphatic rings. The van der Waals surface area contributed by atoms with Crippen molar-refractivity contribution < 1.29 is 17.6 Å². The van der Waals surface area contributed by atoms with Crippen molar-refractivity contribution in [3.63, 3.8) is 0 Å². The van der Waals surface area contributed by atoms with Crippen molar-refractivity contribution in [3.05, 3.63) is 29.3 Å². The molecule has 1 amide bonds. The maximum atomic E-state index is 12.6. The van der Waals surface area contributed by atoms with Gasteiger partial charge < -0.3 is 5.32 Å². The van der Waals surface area contributed by atoms with E-state index in [-0.39, 0.29) is 11.4 Å². The predicted octanol–water partition coefficient (Wildman–Crippen LogP) is 0.609. The first-order chi connectivity index (χ1) is 8.97. The van der Waals surface area contributed by atoms with E-state index in [2.05, 4.69) is 10.0 Å². The Morgan fingerprint density at radius 1 is 1.47 bits per heavy atom. The van der Waals surface area contributed by atoms with E-state index in [4.69, 9.17) is 0 Å². The number of rotatable bonds is 4. The summed E-state index contributed by atoms with van der Waals surface area (Å²) in [5.41, 5.74) is 0.963. The van der Waals surface area contributed by atoms with Crippen LogP contribution in [-0.2, 0) is 16.4 Å². The zero-order chi connectivity index (χ0) is 14.0. The molecule has 0 saturated heterocycles. The zero-order valence-electron chi connectivity index (χ0n) is 10.4. The summed E-state index contributed by atoms with van der Waals surface area (Å²) in [4.78, 5) is 11.8. The summed E-state index contributed by atoms with van der Waals surface area (Å²) in [5, 5.41) is 2.50. The van der Waals surface area contributed by atoms with Gasteiger partial charge in [0.15, 0.2) is 0 Å². The van der Waals surface area contributed by atoms with Gasteiger partial charge in [-0.2, -0.15) is 0 Å². The van der Waals surface area contributed by atoms with Gasteiger partial charge >= 0.3 is 0 Å². The third-order valence-electron chi connectivity index (χ3n) is 2.96. The first-order valence-corrected chi connectivity index (χ1v) is 7.45. The minimum Gasteiger partial charge on any atom is -0.346 e. The van der Waals surface area contributed by atoms with Crippen molar-refractivity contribution in [2.75, 3.05) is 13.2 Å². The maximum absolute atomic E-state index is 12.6. The number of amides is 1. The summed E-state index contributed by atoms with van der Waals surface area (Å²) in [6.45, 7) is 1.31. The molecule has 0 aromatic heterocycles. The first kappa shape index (κ1) is 14.0. The molecular formula is C12H15FN2O3S. The molecule has 0 aliphatic carbocycles. The topological polar surface area (TPSA) is 75.3 Å². The van der Waals surface area contributed by atoms with Gasteiger partial charge in [-0.1, -0.05) is 13.0 Å². The summed E-state index contributed by atoms with van der Waals surface area (Å²) >= 11 is 0. The van der Waals surface area contributed by atoms with Crippen LogP contribution in [0, 0.1) is 0 Å². The summed E-state index contributed by atoms with van der Waals surface area (Å²) in [7, 11) is -3.59. The Hall–Kier alpha value is -1.47. The molecule has 2 rings (SSSR count). The molecular weight excluding hydrogens is 271 g/mol. The number of carbonyl (C=O) groups is 1. The molecule has 5 nitrogen and oxygen atoms in total. The highest BCUT2D eigenvalue weighted by atomic mass is 32.2. The second-order valence-electron chi connectivity index (χ2n) is 4.35. The van der Waals surface area contributed by atoms with Crippen LogP contribution in [-0.4, -0.2) is 33.6 Å². The summed E-state index contributed by atoms with van der Waals surface area (Å²) in [6.07, 6.45) is 0.374. The maximum Gasteiger partial charge on any atom is 0.251 e. The molecule has 1 heterocycles. The fourth-order valence-electron chi connectivity index (χ4n) is 2.06. The van der Waals surface area contributed by atoms with E-state index >= 15 is 0 Å². The lowest BCUT2D eigenvalue weighted by Crippen LogP contribution is -2.42. The van der Waals surface area contributed by atoms with Crippen LogP contribution < -0.4 is 10.0 Å². The number of hydrogen-bond acceptors (Lipinski definition) is 3. The van der Waals surface area contributed by atoms with Gasteiger partial charge in [0.1, 0.15) is 6.67 Å². The molecule has 0 bridgehead atoms. The van der Waals surface area contributed by atoms with E-state index in [0.29, 0.717) is 17.5 Å². The number of halogens is 1. The molecule has 104 valence electrons. The van der Waals surface area contributed by atoms with Crippen LogP contribution >= 0.6 is 0 Å². The van der Waals surface area contributed by atoms with Crippen molar-refractivity contribution in [1.29, 1.82) is 0 Å². The quantitative estimate of drug-likeness (QED) is 0.851.